The average Bonchev–Trinajstić information content (AvgIpc) is 3.62. The smallest absolute Gasteiger partial charge is 0.303 e. The fraction of sp³-hybridized carbons (Fsp3) is 0.400. The maximum Gasteiger partial charge on any atom is 0.303 e. The molecule has 4 rings (SSSR count). The Kier molecular flexibility index (Phi) is 10.3. The molecule has 0 aromatic carbocycles. The topological polar surface area (TPSA) is 165 Å². The maximum atomic E-state index is 12.4. The molecule has 0 aliphatic carbocycles. The maximum absolute atomic E-state index is 12.4. The first kappa shape index (κ1) is 33.2. The molecule has 2 aliphatic heterocycles. The zero-order valence-corrected chi connectivity index (χ0v) is 26.8. The number of aliphatic carboxylic acids is 2. The van der Waals surface area contributed by atoms with E-state index in [1.807, 2.05) is 65.8 Å². The third-order valence-corrected chi connectivity index (χ3v) is 8.81. The van der Waals surface area contributed by atoms with Gasteiger partial charge in [-0.15, -0.1) is 0 Å². The van der Waals surface area contributed by atoms with E-state index in [1.165, 1.54) is 0 Å². The van der Waals surface area contributed by atoms with Crippen LogP contribution < -0.4 is 16.0 Å². The molecule has 1 atom stereocenters. The van der Waals surface area contributed by atoms with Crippen molar-refractivity contribution in [1.29, 1.82) is 0 Å². The molecule has 0 spiro atoms. The van der Waals surface area contributed by atoms with Gasteiger partial charge in [-0.1, -0.05) is 13.0 Å². The van der Waals surface area contributed by atoms with Crippen molar-refractivity contribution >= 4 is 47.7 Å². The van der Waals surface area contributed by atoms with Gasteiger partial charge in [-0.05, 0) is 118 Å². The highest BCUT2D eigenvalue weighted by atomic mass is 16.4. The van der Waals surface area contributed by atoms with E-state index in [9.17, 15) is 29.4 Å². The Bertz CT molecular complexity index is 1810. The molecule has 45 heavy (non-hydrogen) atoms. The number of rotatable bonds is 12. The number of carboxylic acid groups (broad SMARTS) is 2. The van der Waals surface area contributed by atoms with E-state index in [-0.39, 0.29) is 30.6 Å². The van der Waals surface area contributed by atoms with Gasteiger partial charge < -0.3 is 25.5 Å². The first-order valence-electron chi connectivity index (χ1n) is 15.4. The molecular weight excluding hydrogens is 572 g/mol. The van der Waals surface area contributed by atoms with Crippen LogP contribution in [0.1, 0.15) is 93.4 Å². The number of carbonyl (C=O) groups excluding carboxylic acids is 2. The highest BCUT2D eigenvalue weighted by Gasteiger charge is 2.29. The lowest BCUT2D eigenvalue weighted by molar-refractivity contribution is -0.138. The average molecular weight is 615 g/mol. The molecule has 2 aromatic heterocycles. The summed E-state index contributed by atoms with van der Waals surface area (Å²) in [5.41, 5.74) is 9.23. The van der Waals surface area contributed by atoms with Crippen LogP contribution in [-0.2, 0) is 32.0 Å². The van der Waals surface area contributed by atoms with Crippen molar-refractivity contribution in [1.82, 2.24) is 15.3 Å². The van der Waals surface area contributed by atoms with Crippen molar-refractivity contribution in [2.45, 2.75) is 86.5 Å². The largest absolute Gasteiger partial charge is 0.481 e. The van der Waals surface area contributed by atoms with Crippen LogP contribution in [0.5, 0.6) is 0 Å². The van der Waals surface area contributed by atoms with Gasteiger partial charge in [0.05, 0.1) is 11.6 Å². The SMILES string of the molecule is C/C=C1/C(=C\c2[nH]c(/C=c3\[nH]/c(=C/C4=NC(=O)C(CC)=C4C)c(C)c3CCCC(=O)O)c(CCCC(=O)O)c2C)NC(=O)C1C. The molecule has 1 fully saturated rings. The molecule has 0 bridgehead atoms. The van der Waals surface area contributed by atoms with Crippen LogP contribution in [-0.4, -0.2) is 49.6 Å². The van der Waals surface area contributed by atoms with Crippen LogP contribution in [0.4, 0.5) is 0 Å². The third-order valence-electron chi connectivity index (χ3n) is 8.81. The minimum absolute atomic E-state index is 0.0310. The van der Waals surface area contributed by atoms with E-state index in [0.29, 0.717) is 43.4 Å². The first-order valence-corrected chi connectivity index (χ1v) is 15.4. The molecule has 10 nitrogen and oxygen atoms in total. The summed E-state index contributed by atoms with van der Waals surface area (Å²) in [6.45, 7) is 11.5. The molecule has 0 radical (unpaired) electrons. The van der Waals surface area contributed by atoms with E-state index in [0.717, 1.165) is 61.2 Å². The number of H-pyrrole nitrogens is 2. The fourth-order valence-electron chi connectivity index (χ4n) is 6.14. The number of aliphatic imine (C=N–C) groups is 1. The molecule has 10 heteroatoms. The summed E-state index contributed by atoms with van der Waals surface area (Å²) in [6.07, 6.45) is 10.3. The standard InChI is InChI=1S/C35H42N4O6/c1-7-22-21(6)34(44)39-29(22)16-27-20(5)25(12-10-14-33(42)43)31(37-27)17-30-24(11-9-13-32(40)41)19(4)26(36-30)15-28-18(3)23(8-2)35(45)38-28/h7,15-17,21,36-37H,8-14H2,1-6H3,(H,39,44)(H,40,41)(H,42,43)/b22-7+,26-15+,29-16+,30-17-. The second kappa shape index (κ2) is 13.9. The normalized spacial score (nSPS) is 19.4. The number of aromatic amines is 2. The number of nitrogens with zero attached hydrogens (tertiary/aromatic N) is 1. The van der Waals surface area contributed by atoms with E-state index in [4.69, 9.17) is 0 Å². The van der Waals surface area contributed by atoms with Crippen molar-refractivity contribution in [3.63, 3.8) is 0 Å². The minimum Gasteiger partial charge on any atom is -0.481 e. The molecular formula is C35H42N4O6. The lowest BCUT2D eigenvalue weighted by Gasteiger charge is -2.03. The van der Waals surface area contributed by atoms with Crippen LogP contribution in [0.15, 0.2) is 33.5 Å². The predicted octanol–water partition coefficient (Wildman–Crippen LogP) is 4.14. The highest BCUT2D eigenvalue weighted by molar-refractivity contribution is 6.30. The van der Waals surface area contributed by atoms with Crippen LogP contribution in [0, 0.1) is 19.8 Å². The molecule has 2 aliphatic rings. The van der Waals surface area contributed by atoms with Gasteiger partial charge in [0.25, 0.3) is 5.91 Å². The van der Waals surface area contributed by atoms with Gasteiger partial charge >= 0.3 is 11.9 Å². The summed E-state index contributed by atoms with van der Waals surface area (Å²) < 4.78 is 0. The lowest BCUT2D eigenvalue weighted by atomic mass is 10.00. The second-order valence-corrected chi connectivity index (χ2v) is 11.7. The Hall–Kier alpha value is -4.73. The number of aromatic nitrogens is 2. The summed E-state index contributed by atoms with van der Waals surface area (Å²) >= 11 is 0. The van der Waals surface area contributed by atoms with Gasteiger partial charge in [-0.25, -0.2) is 4.99 Å². The number of hydrogen-bond acceptors (Lipinski definition) is 4. The number of allylic oxidation sites excluding steroid dienone is 3. The molecule has 1 unspecified atom stereocenters. The molecule has 4 heterocycles. The number of hydrogen-bond donors (Lipinski definition) is 5. The Balaban J connectivity index is 1.89. The molecule has 238 valence electrons. The van der Waals surface area contributed by atoms with Gasteiger partial charge in [-0.2, -0.15) is 0 Å². The highest BCUT2D eigenvalue weighted by Crippen LogP contribution is 2.30. The van der Waals surface area contributed by atoms with Crippen LogP contribution in [0.25, 0.3) is 18.2 Å². The predicted molar refractivity (Wildman–Crippen MR) is 174 cm³/mol. The fourth-order valence-corrected chi connectivity index (χ4v) is 6.14. The first-order chi connectivity index (χ1) is 21.4. The van der Waals surface area contributed by atoms with E-state index in [2.05, 4.69) is 20.3 Å². The number of carboxylic acids is 2. The lowest BCUT2D eigenvalue weighted by Crippen LogP contribution is -2.16. The Morgan fingerprint density at radius 2 is 1.51 bits per heavy atom. The third kappa shape index (κ3) is 7.16. The van der Waals surface area contributed by atoms with Crippen LogP contribution in [0.2, 0.25) is 0 Å². The summed E-state index contributed by atoms with van der Waals surface area (Å²) in [5.74, 6) is -2.26. The van der Waals surface area contributed by atoms with Gasteiger partial charge in [0, 0.05) is 46.2 Å². The number of carbonyl (C=O) groups is 4. The van der Waals surface area contributed by atoms with Crippen molar-refractivity contribution in [3.8, 4) is 0 Å². The van der Waals surface area contributed by atoms with Gasteiger partial charge in [0.1, 0.15) is 0 Å². The molecule has 2 amide bonds. The minimum atomic E-state index is -0.862. The number of nitrogens with one attached hydrogen (secondary N) is 3. The van der Waals surface area contributed by atoms with E-state index < -0.39 is 11.9 Å². The summed E-state index contributed by atoms with van der Waals surface area (Å²) in [5, 5.41) is 23.1. The van der Waals surface area contributed by atoms with E-state index >= 15 is 0 Å². The summed E-state index contributed by atoms with van der Waals surface area (Å²) in [7, 11) is 0. The van der Waals surface area contributed by atoms with Crippen LogP contribution >= 0.6 is 0 Å². The molecule has 0 saturated carbocycles. The number of amides is 2. The Morgan fingerprint density at radius 1 is 0.867 bits per heavy atom. The van der Waals surface area contributed by atoms with Gasteiger partial charge in [0.2, 0.25) is 5.91 Å². The van der Waals surface area contributed by atoms with Crippen molar-refractivity contribution in [2.75, 3.05) is 0 Å². The van der Waals surface area contributed by atoms with Crippen molar-refractivity contribution < 1.29 is 29.4 Å². The summed E-state index contributed by atoms with van der Waals surface area (Å²) in [4.78, 5) is 58.7. The summed E-state index contributed by atoms with van der Waals surface area (Å²) in [6, 6.07) is 0. The van der Waals surface area contributed by atoms with Crippen molar-refractivity contribution in [2.24, 2.45) is 10.9 Å². The Morgan fingerprint density at radius 3 is 2.09 bits per heavy atom. The molecule has 2 aromatic rings. The second-order valence-electron chi connectivity index (χ2n) is 11.7. The zero-order valence-electron chi connectivity index (χ0n) is 26.8. The van der Waals surface area contributed by atoms with Crippen molar-refractivity contribution in [3.05, 3.63) is 72.8 Å². The quantitative estimate of drug-likeness (QED) is 0.241. The van der Waals surface area contributed by atoms with E-state index in [1.54, 1.807) is 0 Å². The monoisotopic (exact) mass is 614 g/mol. The van der Waals surface area contributed by atoms with Gasteiger partial charge in [-0.3, -0.25) is 19.2 Å². The zero-order chi connectivity index (χ0) is 33.0. The van der Waals surface area contributed by atoms with Gasteiger partial charge in [0.15, 0.2) is 0 Å². The molecule has 5 N–H and O–H groups in total. The Labute approximate surface area is 262 Å². The molecule has 1 saturated heterocycles. The van der Waals surface area contributed by atoms with Crippen LogP contribution in [0.3, 0.4) is 0 Å².